The molecule has 3 rings (SSSR count). The second kappa shape index (κ2) is 6.49. The first kappa shape index (κ1) is 14.4. The quantitative estimate of drug-likeness (QED) is 0.797. The van der Waals surface area contributed by atoms with Crippen LogP contribution in [0.3, 0.4) is 0 Å². The monoisotopic (exact) mass is 309 g/mol. The van der Waals surface area contributed by atoms with E-state index in [1.807, 2.05) is 54.6 Å². The maximum absolute atomic E-state index is 12.3. The van der Waals surface area contributed by atoms with E-state index < -0.39 is 0 Å². The average molecular weight is 309 g/mol. The Balaban J connectivity index is 1.81. The molecule has 110 valence electrons. The second-order valence-electron chi connectivity index (χ2n) is 4.77. The highest BCUT2D eigenvalue weighted by atomic mass is 32.2. The zero-order chi connectivity index (χ0) is 15.4. The van der Waals surface area contributed by atoms with E-state index in [9.17, 15) is 4.79 Å². The molecule has 0 saturated carbocycles. The minimum atomic E-state index is -0.158. The van der Waals surface area contributed by atoms with E-state index in [1.165, 1.54) is 0 Å². The Morgan fingerprint density at radius 3 is 2.55 bits per heavy atom. The first-order chi connectivity index (χ1) is 10.7. The summed E-state index contributed by atoms with van der Waals surface area (Å²) < 4.78 is 1.61. The van der Waals surface area contributed by atoms with Crippen molar-refractivity contribution in [2.45, 2.75) is 9.79 Å². The summed E-state index contributed by atoms with van der Waals surface area (Å²) in [7, 11) is 1.79. The van der Waals surface area contributed by atoms with Crippen LogP contribution in [0.5, 0.6) is 0 Å². The number of amides is 1. The molecule has 0 aliphatic carbocycles. The van der Waals surface area contributed by atoms with Gasteiger partial charge in [-0.1, -0.05) is 42.1 Å². The minimum Gasteiger partial charge on any atom is -0.321 e. The molecular formula is C17H15N3OS. The van der Waals surface area contributed by atoms with Gasteiger partial charge in [0.25, 0.3) is 5.91 Å². The number of para-hydroxylation sites is 1. The molecular weight excluding hydrogens is 294 g/mol. The van der Waals surface area contributed by atoms with Crippen molar-refractivity contribution in [2.24, 2.45) is 7.05 Å². The summed E-state index contributed by atoms with van der Waals surface area (Å²) in [5, 5.41) is 6.97. The third kappa shape index (κ3) is 3.38. The zero-order valence-corrected chi connectivity index (χ0v) is 12.9. The summed E-state index contributed by atoms with van der Waals surface area (Å²) >= 11 is 1.62. The van der Waals surface area contributed by atoms with E-state index in [0.717, 1.165) is 15.5 Å². The Kier molecular flexibility index (Phi) is 4.25. The topological polar surface area (TPSA) is 46.9 Å². The number of hydrogen-bond donors (Lipinski definition) is 1. The third-order valence-electron chi connectivity index (χ3n) is 3.07. The fourth-order valence-corrected chi connectivity index (χ4v) is 2.93. The lowest BCUT2D eigenvalue weighted by molar-refractivity contribution is 0.102. The van der Waals surface area contributed by atoms with E-state index >= 15 is 0 Å². The molecule has 0 saturated heterocycles. The van der Waals surface area contributed by atoms with Crippen molar-refractivity contribution in [3.63, 3.8) is 0 Å². The van der Waals surface area contributed by atoms with Crippen molar-refractivity contribution >= 4 is 23.4 Å². The molecule has 1 N–H and O–H groups in total. The van der Waals surface area contributed by atoms with Gasteiger partial charge >= 0.3 is 0 Å². The molecule has 0 atom stereocenters. The van der Waals surface area contributed by atoms with Gasteiger partial charge in [-0.3, -0.25) is 9.48 Å². The number of hydrogen-bond acceptors (Lipinski definition) is 3. The lowest BCUT2D eigenvalue weighted by Gasteiger charge is -2.10. The van der Waals surface area contributed by atoms with Gasteiger partial charge in [0.05, 0.1) is 17.4 Å². The maximum Gasteiger partial charge on any atom is 0.258 e. The van der Waals surface area contributed by atoms with Crippen LogP contribution >= 0.6 is 11.8 Å². The lowest BCUT2D eigenvalue weighted by Crippen LogP contribution is -2.11. The Bertz CT molecular complexity index is 783. The summed E-state index contributed by atoms with van der Waals surface area (Å²) in [4.78, 5) is 14.4. The summed E-state index contributed by atoms with van der Waals surface area (Å²) in [6.45, 7) is 0. The van der Waals surface area contributed by atoms with Crippen LogP contribution in [0.25, 0.3) is 0 Å². The molecule has 22 heavy (non-hydrogen) atoms. The first-order valence-corrected chi connectivity index (χ1v) is 7.66. The Morgan fingerprint density at radius 1 is 1.09 bits per heavy atom. The molecule has 0 unspecified atom stereocenters. The third-order valence-corrected chi connectivity index (χ3v) is 4.16. The van der Waals surface area contributed by atoms with Crippen molar-refractivity contribution in [3.05, 3.63) is 72.6 Å². The number of carbonyl (C=O) groups is 1. The average Bonchev–Trinajstić information content (AvgIpc) is 2.97. The van der Waals surface area contributed by atoms with E-state index in [-0.39, 0.29) is 5.91 Å². The van der Waals surface area contributed by atoms with Crippen LogP contribution in [0.4, 0.5) is 5.69 Å². The van der Waals surface area contributed by atoms with Gasteiger partial charge in [-0.05, 0) is 24.3 Å². The first-order valence-electron chi connectivity index (χ1n) is 6.84. The van der Waals surface area contributed by atoms with Gasteiger partial charge in [-0.2, -0.15) is 5.10 Å². The number of aromatic nitrogens is 2. The molecule has 0 bridgehead atoms. The molecule has 0 aliphatic heterocycles. The fraction of sp³-hybridized carbons (Fsp3) is 0.0588. The summed E-state index contributed by atoms with van der Waals surface area (Å²) in [6.07, 6.45) is 3.25. The molecule has 0 radical (unpaired) electrons. The van der Waals surface area contributed by atoms with E-state index in [2.05, 4.69) is 10.4 Å². The number of nitrogens with zero attached hydrogens (tertiary/aromatic N) is 2. The second-order valence-corrected chi connectivity index (χ2v) is 5.88. The van der Waals surface area contributed by atoms with Crippen molar-refractivity contribution in [3.8, 4) is 0 Å². The molecule has 0 spiro atoms. The van der Waals surface area contributed by atoms with E-state index in [0.29, 0.717) is 5.56 Å². The van der Waals surface area contributed by atoms with Crippen molar-refractivity contribution in [2.75, 3.05) is 5.32 Å². The van der Waals surface area contributed by atoms with Crippen LogP contribution in [0.1, 0.15) is 10.4 Å². The molecule has 3 aromatic rings. The van der Waals surface area contributed by atoms with Crippen molar-refractivity contribution in [1.29, 1.82) is 0 Å². The van der Waals surface area contributed by atoms with Crippen LogP contribution < -0.4 is 5.32 Å². The highest BCUT2D eigenvalue weighted by Gasteiger charge is 2.11. The number of carbonyl (C=O) groups excluding carboxylic acids is 1. The zero-order valence-electron chi connectivity index (χ0n) is 12.1. The molecule has 1 amide bonds. The summed E-state index contributed by atoms with van der Waals surface area (Å²) in [6, 6.07) is 17.8. The van der Waals surface area contributed by atoms with Crippen molar-refractivity contribution in [1.82, 2.24) is 9.78 Å². The Labute approximate surface area is 133 Å². The normalized spacial score (nSPS) is 10.4. The standard InChI is InChI=1S/C17H15N3OS/c1-20-12-13(11-18-20)17(21)19-15-9-5-6-10-16(15)22-14-7-3-2-4-8-14/h2-12H,1H3,(H,19,21). The van der Waals surface area contributed by atoms with E-state index in [1.54, 1.807) is 35.9 Å². The smallest absolute Gasteiger partial charge is 0.258 e. The van der Waals surface area contributed by atoms with Crippen LogP contribution in [0, 0.1) is 0 Å². The number of anilines is 1. The number of rotatable bonds is 4. The molecule has 1 heterocycles. The minimum absolute atomic E-state index is 0.158. The highest BCUT2D eigenvalue weighted by Crippen LogP contribution is 2.33. The van der Waals surface area contributed by atoms with Gasteiger partial charge in [0.2, 0.25) is 0 Å². The molecule has 5 heteroatoms. The van der Waals surface area contributed by atoms with Gasteiger partial charge in [-0.25, -0.2) is 0 Å². The van der Waals surface area contributed by atoms with Gasteiger partial charge < -0.3 is 5.32 Å². The molecule has 0 aliphatic rings. The predicted octanol–water partition coefficient (Wildman–Crippen LogP) is 3.82. The van der Waals surface area contributed by atoms with Crippen LogP contribution in [-0.4, -0.2) is 15.7 Å². The fourth-order valence-electron chi connectivity index (χ4n) is 2.01. The molecule has 2 aromatic carbocycles. The number of nitrogens with one attached hydrogen (secondary N) is 1. The highest BCUT2D eigenvalue weighted by molar-refractivity contribution is 7.99. The van der Waals surface area contributed by atoms with Gasteiger partial charge in [0.15, 0.2) is 0 Å². The summed E-state index contributed by atoms with van der Waals surface area (Å²) in [5.74, 6) is -0.158. The molecule has 0 fully saturated rings. The van der Waals surface area contributed by atoms with Gasteiger partial charge in [0.1, 0.15) is 0 Å². The molecule has 4 nitrogen and oxygen atoms in total. The lowest BCUT2D eigenvalue weighted by atomic mass is 10.3. The van der Waals surface area contributed by atoms with Gasteiger partial charge in [0, 0.05) is 23.0 Å². The number of benzene rings is 2. The summed E-state index contributed by atoms with van der Waals surface area (Å²) in [5.41, 5.74) is 1.34. The maximum atomic E-state index is 12.3. The van der Waals surface area contributed by atoms with Gasteiger partial charge in [-0.15, -0.1) is 0 Å². The SMILES string of the molecule is Cn1cc(C(=O)Nc2ccccc2Sc2ccccc2)cn1. The Hall–Kier alpha value is -2.53. The van der Waals surface area contributed by atoms with Crippen LogP contribution in [0.2, 0.25) is 0 Å². The van der Waals surface area contributed by atoms with E-state index in [4.69, 9.17) is 0 Å². The van der Waals surface area contributed by atoms with Crippen LogP contribution in [0.15, 0.2) is 76.8 Å². The van der Waals surface area contributed by atoms with Crippen LogP contribution in [-0.2, 0) is 7.05 Å². The Morgan fingerprint density at radius 2 is 1.82 bits per heavy atom. The van der Waals surface area contributed by atoms with Crippen molar-refractivity contribution < 1.29 is 4.79 Å². The predicted molar refractivity (Wildman–Crippen MR) is 88.2 cm³/mol. The number of aryl methyl sites for hydroxylation is 1. The largest absolute Gasteiger partial charge is 0.321 e. The molecule has 1 aromatic heterocycles.